The summed E-state index contributed by atoms with van der Waals surface area (Å²) >= 11 is 12.8. The molecule has 4 rings (SSSR count). The van der Waals surface area contributed by atoms with E-state index in [1.165, 1.54) is 0 Å². The van der Waals surface area contributed by atoms with Gasteiger partial charge < -0.3 is 0 Å². The number of nitrogens with zero attached hydrogens (tertiary/aromatic N) is 5. The van der Waals surface area contributed by atoms with Crippen molar-refractivity contribution in [1.29, 1.82) is 0 Å². The van der Waals surface area contributed by atoms with Crippen molar-refractivity contribution in [2.45, 2.75) is 27.0 Å². The van der Waals surface area contributed by atoms with Crippen LogP contribution in [-0.2, 0) is 18.0 Å². The highest BCUT2D eigenvalue weighted by Gasteiger charge is 2.24. The number of aromatic nitrogens is 3. The molecule has 0 bridgehead atoms. The lowest BCUT2D eigenvalue weighted by molar-refractivity contribution is -0.165. The molecule has 0 fully saturated rings. The molecule has 150 valence electrons. The third-order valence-electron chi connectivity index (χ3n) is 4.84. The van der Waals surface area contributed by atoms with Crippen molar-refractivity contribution in [2.75, 3.05) is 13.1 Å². The summed E-state index contributed by atoms with van der Waals surface area (Å²) < 4.78 is 2.00. The molecule has 0 amide bonds. The van der Waals surface area contributed by atoms with Gasteiger partial charge in [0.1, 0.15) is 13.2 Å². The summed E-state index contributed by atoms with van der Waals surface area (Å²) in [7, 11) is 0. The van der Waals surface area contributed by atoms with E-state index in [-0.39, 0.29) is 0 Å². The molecule has 2 aromatic carbocycles. The van der Waals surface area contributed by atoms with E-state index >= 15 is 0 Å². The fraction of sp³-hybridized carbons (Fsp3) is 0.286. The number of halogens is 2. The lowest BCUT2D eigenvalue weighted by atomic mass is 10.0. The minimum atomic E-state index is 0.318. The molecule has 1 aliphatic heterocycles. The Kier molecular flexibility index (Phi) is 5.96. The summed E-state index contributed by atoms with van der Waals surface area (Å²) in [6, 6.07) is 13.4. The van der Waals surface area contributed by atoms with Crippen molar-refractivity contribution in [1.82, 2.24) is 19.8 Å². The van der Waals surface area contributed by atoms with E-state index in [1.807, 2.05) is 52.1 Å². The van der Waals surface area contributed by atoms with Gasteiger partial charge in [0.05, 0.1) is 11.4 Å². The molecule has 1 aliphatic rings. The second kappa shape index (κ2) is 8.63. The maximum atomic E-state index is 6.48. The third kappa shape index (κ3) is 3.94. The van der Waals surface area contributed by atoms with Gasteiger partial charge in [-0.1, -0.05) is 55.2 Å². The molecule has 0 atom stereocenters. The average molecular weight is 430 g/mol. The molecule has 0 radical (unpaired) electrons. The predicted molar refractivity (Wildman–Crippen MR) is 115 cm³/mol. The standard InChI is InChI=1S/C21H21Cl2N5O/c1-3-27(4-2)29-13-20-26-25-19-12-24-21(15-7-5-6-8-17(15)23)16-11-14(22)9-10-18(16)28(19)20/h5-11H,3-4,12-13H2,1-2H3. The Labute approximate surface area is 179 Å². The molecule has 0 saturated carbocycles. The molecule has 0 saturated heterocycles. The van der Waals surface area contributed by atoms with Crippen molar-refractivity contribution >= 4 is 28.9 Å². The smallest absolute Gasteiger partial charge is 0.165 e. The zero-order chi connectivity index (χ0) is 20.4. The van der Waals surface area contributed by atoms with Crippen LogP contribution in [0.3, 0.4) is 0 Å². The molecule has 0 spiro atoms. The summed E-state index contributed by atoms with van der Waals surface area (Å²) in [5.41, 5.74) is 3.43. The van der Waals surface area contributed by atoms with Gasteiger partial charge in [-0.05, 0) is 24.3 Å². The Morgan fingerprint density at radius 1 is 1.03 bits per heavy atom. The molecule has 0 aliphatic carbocycles. The lowest BCUT2D eigenvalue weighted by Crippen LogP contribution is -2.24. The summed E-state index contributed by atoms with van der Waals surface area (Å²) in [4.78, 5) is 10.7. The van der Waals surface area contributed by atoms with Crippen LogP contribution in [-0.4, -0.2) is 38.6 Å². The highest BCUT2D eigenvalue weighted by molar-refractivity contribution is 6.36. The summed E-state index contributed by atoms with van der Waals surface area (Å²) in [6.45, 7) is 6.39. The van der Waals surface area contributed by atoms with Crippen molar-refractivity contribution in [3.63, 3.8) is 0 Å². The SMILES string of the molecule is CCN(CC)OCc1nnc2n1-c1ccc(Cl)cc1C(c1ccccc1Cl)=NC2. The summed E-state index contributed by atoms with van der Waals surface area (Å²) in [6.07, 6.45) is 0. The van der Waals surface area contributed by atoms with Crippen LogP contribution in [0.15, 0.2) is 47.5 Å². The molecule has 0 N–H and O–H groups in total. The summed E-state index contributed by atoms with van der Waals surface area (Å²) in [5, 5.41) is 11.9. The van der Waals surface area contributed by atoms with Gasteiger partial charge in [0.25, 0.3) is 0 Å². The number of fused-ring (bicyclic) bond motifs is 3. The van der Waals surface area contributed by atoms with E-state index in [2.05, 4.69) is 24.0 Å². The number of hydrogen-bond donors (Lipinski definition) is 0. The van der Waals surface area contributed by atoms with Crippen LogP contribution in [0.25, 0.3) is 5.69 Å². The summed E-state index contributed by atoms with van der Waals surface area (Å²) in [5.74, 6) is 1.46. The Hall–Kier alpha value is -2.25. The molecule has 2 heterocycles. The normalized spacial score (nSPS) is 13.1. The van der Waals surface area contributed by atoms with Crippen molar-refractivity contribution in [2.24, 2.45) is 4.99 Å². The zero-order valence-corrected chi connectivity index (χ0v) is 17.8. The van der Waals surface area contributed by atoms with Crippen molar-refractivity contribution in [3.8, 4) is 5.69 Å². The van der Waals surface area contributed by atoms with Gasteiger partial charge in [0.2, 0.25) is 0 Å². The topological polar surface area (TPSA) is 55.5 Å². The molecule has 3 aromatic rings. The van der Waals surface area contributed by atoms with Gasteiger partial charge in [0, 0.05) is 34.3 Å². The van der Waals surface area contributed by atoms with E-state index in [4.69, 9.17) is 33.0 Å². The van der Waals surface area contributed by atoms with E-state index < -0.39 is 0 Å². The Morgan fingerprint density at radius 3 is 2.59 bits per heavy atom. The molecule has 0 unspecified atom stereocenters. The van der Waals surface area contributed by atoms with Gasteiger partial charge in [0.15, 0.2) is 11.6 Å². The van der Waals surface area contributed by atoms with Gasteiger partial charge in [-0.3, -0.25) is 14.4 Å². The lowest BCUT2D eigenvalue weighted by Gasteiger charge is -2.18. The van der Waals surface area contributed by atoms with E-state index in [0.29, 0.717) is 29.0 Å². The first-order chi connectivity index (χ1) is 14.1. The van der Waals surface area contributed by atoms with Gasteiger partial charge in [-0.25, -0.2) is 0 Å². The molecular formula is C21H21Cl2N5O. The van der Waals surface area contributed by atoms with Crippen molar-refractivity contribution < 1.29 is 4.84 Å². The number of hydrogen-bond acceptors (Lipinski definition) is 5. The minimum absolute atomic E-state index is 0.318. The maximum absolute atomic E-state index is 6.48. The predicted octanol–water partition coefficient (Wildman–Crippen LogP) is 4.70. The largest absolute Gasteiger partial charge is 0.291 e. The fourth-order valence-electron chi connectivity index (χ4n) is 3.39. The van der Waals surface area contributed by atoms with Gasteiger partial charge in [-0.15, -0.1) is 10.2 Å². The van der Waals surface area contributed by atoms with Crippen LogP contribution in [0.4, 0.5) is 0 Å². The number of rotatable bonds is 6. The first kappa shape index (κ1) is 20.0. The van der Waals surface area contributed by atoms with Crippen LogP contribution in [0.2, 0.25) is 10.0 Å². The fourth-order valence-corrected chi connectivity index (χ4v) is 3.79. The van der Waals surface area contributed by atoms with E-state index in [9.17, 15) is 0 Å². The van der Waals surface area contributed by atoms with E-state index in [0.717, 1.165) is 41.4 Å². The van der Waals surface area contributed by atoms with Crippen molar-refractivity contribution in [3.05, 3.63) is 75.3 Å². The first-order valence-corrected chi connectivity index (χ1v) is 10.3. The van der Waals surface area contributed by atoms with Gasteiger partial charge in [-0.2, -0.15) is 5.06 Å². The van der Waals surface area contributed by atoms with E-state index in [1.54, 1.807) is 0 Å². The average Bonchev–Trinajstić information content (AvgIpc) is 3.05. The molecular weight excluding hydrogens is 409 g/mol. The second-order valence-electron chi connectivity index (χ2n) is 6.56. The molecule has 8 heteroatoms. The Bertz CT molecular complexity index is 1060. The minimum Gasteiger partial charge on any atom is -0.291 e. The Morgan fingerprint density at radius 2 is 1.83 bits per heavy atom. The monoisotopic (exact) mass is 429 g/mol. The number of benzene rings is 2. The second-order valence-corrected chi connectivity index (χ2v) is 7.41. The molecule has 29 heavy (non-hydrogen) atoms. The van der Waals surface area contributed by atoms with Crippen LogP contribution < -0.4 is 0 Å². The number of hydroxylamine groups is 2. The number of aliphatic imine (C=N–C) groups is 1. The highest BCUT2D eigenvalue weighted by Crippen LogP contribution is 2.30. The first-order valence-electron chi connectivity index (χ1n) is 9.53. The maximum Gasteiger partial charge on any atom is 0.165 e. The van der Waals surface area contributed by atoms with Crippen LogP contribution in [0.5, 0.6) is 0 Å². The zero-order valence-electron chi connectivity index (χ0n) is 16.3. The molecule has 6 nitrogen and oxygen atoms in total. The highest BCUT2D eigenvalue weighted by atomic mass is 35.5. The van der Waals surface area contributed by atoms with Crippen LogP contribution in [0.1, 0.15) is 36.6 Å². The molecule has 1 aromatic heterocycles. The van der Waals surface area contributed by atoms with Gasteiger partial charge >= 0.3 is 0 Å². The Balaban J connectivity index is 1.81. The third-order valence-corrected chi connectivity index (χ3v) is 5.41. The van der Waals surface area contributed by atoms with Crippen LogP contribution in [0, 0.1) is 0 Å². The van der Waals surface area contributed by atoms with Crippen LogP contribution >= 0.6 is 23.2 Å². The quantitative estimate of drug-likeness (QED) is 0.532.